The Bertz CT molecular complexity index is 438. The second kappa shape index (κ2) is 7.30. The summed E-state index contributed by atoms with van der Waals surface area (Å²) in [7, 11) is 0. The van der Waals surface area contributed by atoms with Crippen molar-refractivity contribution in [3.63, 3.8) is 0 Å². The lowest BCUT2D eigenvalue weighted by molar-refractivity contribution is 0.105. The van der Waals surface area contributed by atoms with Gasteiger partial charge in [-0.15, -0.1) is 0 Å². The van der Waals surface area contributed by atoms with Gasteiger partial charge in [0.1, 0.15) is 18.5 Å². The summed E-state index contributed by atoms with van der Waals surface area (Å²) in [6.07, 6.45) is 3.30. The van der Waals surface area contributed by atoms with Gasteiger partial charge < -0.3 is 15.2 Å². The molecule has 0 heterocycles. The van der Waals surface area contributed by atoms with E-state index in [2.05, 4.69) is 12.2 Å². The molecule has 20 heavy (non-hydrogen) atoms. The molecule has 1 aromatic rings. The van der Waals surface area contributed by atoms with Crippen molar-refractivity contribution in [2.75, 3.05) is 13.2 Å². The molecule has 3 atom stereocenters. The van der Waals surface area contributed by atoms with Gasteiger partial charge in [-0.25, -0.2) is 0 Å². The van der Waals surface area contributed by atoms with E-state index in [9.17, 15) is 5.11 Å². The van der Waals surface area contributed by atoms with Crippen LogP contribution in [0.1, 0.15) is 31.7 Å². The molecule has 4 heteroatoms. The molecule has 1 aliphatic carbocycles. The van der Waals surface area contributed by atoms with Gasteiger partial charge >= 0.3 is 0 Å². The predicted octanol–water partition coefficient (Wildman–Crippen LogP) is 3.17. The van der Waals surface area contributed by atoms with Crippen molar-refractivity contribution in [2.24, 2.45) is 5.92 Å². The molecule has 0 aliphatic heterocycles. The molecule has 0 bridgehead atoms. The molecule has 3 unspecified atom stereocenters. The van der Waals surface area contributed by atoms with Gasteiger partial charge in [-0.05, 0) is 49.4 Å². The van der Waals surface area contributed by atoms with Crippen LogP contribution in [0.3, 0.4) is 0 Å². The van der Waals surface area contributed by atoms with Gasteiger partial charge in [0.15, 0.2) is 0 Å². The van der Waals surface area contributed by atoms with E-state index in [1.54, 1.807) is 0 Å². The molecule has 3 nitrogen and oxygen atoms in total. The largest absolute Gasteiger partial charge is 0.491 e. The first-order chi connectivity index (χ1) is 9.60. The molecule has 1 aromatic carbocycles. The second-order valence-electron chi connectivity index (χ2n) is 5.68. The van der Waals surface area contributed by atoms with Crippen LogP contribution in [0.5, 0.6) is 5.75 Å². The van der Waals surface area contributed by atoms with Crippen LogP contribution >= 0.6 is 11.6 Å². The van der Waals surface area contributed by atoms with Crippen LogP contribution < -0.4 is 10.1 Å². The first kappa shape index (κ1) is 15.6. The maximum Gasteiger partial charge on any atom is 0.119 e. The highest BCUT2D eigenvalue weighted by Crippen LogP contribution is 2.34. The molecular weight excluding hydrogens is 274 g/mol. The van der Waals surface area contributed by atoms with Crippen molar-refractivity contribution in [3.05, 3.63) is 28.8 Å². The molecule has 0 amide bonds. The van der Waals surface area contributed by atoms with Gasteiger partial charge in [0.05, 0.1) is 0 Å². The van der Waals surface area contributed by atoms with Crippen LogP contribution in [0.2, 0.25) is 5.02 Å². The van der Waals surface area contributed by atoms with E-state index >= 15 is 0 Å². The number of nitrogens with one attached hydrogen (secondary N) is 1. The van der Waals surface area contributed by atoms with Crippen LogP contribution in [0.15, 0.2) is 18.2 Å². The number of benzene rings is 1. The van der Waals surface area contributed by atoms with E-state index in [-0.39, 0.29) is 0 Å². The van der Waals surface area contributed by atoms with Gasteiger partial charge in [0.2, 0.25) is 0 Å². The first-order valence-corrected chi connectivity index (χ1v) is 7.78. The summed E-state index contributed by atoms with van der Waals surface area (Å²) in [4.78, 5) is 0. The lowest BCUT2D eigenvalue weighted by Gasteiger charge is -2.14. The molecule has 1 aliphatic rings. The maximum atomic E-state index is 9.91. The minimum absolute atomic E-state index is 0.305. The van der Waals surface area contributed by atoms with Gasteiger partial charge in [0, 0.05) is 17.6 Å². The molecular formula is C16H24ClNO2. The fraction of sp³-hybridized carbons (Fsp3) is 0.625. The summed E-state index contributed by atoms with van der Waals surface area (Å²) >= 11 is 5.96. The van der Waals surface area contributed by atoms with Crippen LogP contribution in [0.25, 0.3) is 0 Å². The molecule has 2 rings (SSSR count). The highest BCUT2D eigenvalue weighted by Gasteiger charge is 2.35. The zero-order valence-corrected chi connectivity index (χ0v) is 13.0. The normalized spacial score (nSPS) is 22.6. The monoisotopic (exact) mass is 297 g/mol. The van der Waals surface area contributed by atoms with Gasteiger partial charge in [0.25, 0.3) is 0 Å². The number of rotatable bonds is 8. The topological polar surface area (TPSA) is 41.5 Å². The number of aliphatic hydroxyl groups excluding tert-OH is 1. The fourth-order valence-corrected chi connectivity index (χ4v) is 2.55. The highest BCUT2D eigenvalue weighted by atomic mass is 35.5. The summed E-state index contributed by atoms with van der Waals surface area (Å²) in [6, 6.07) is 6.13. The summed E-state index contributed by atoms with van der Waals surface area (Å²) in [5, 5.41) is 14.0. The number of hydrogen-bond donors (Lipinski definition) is 2. The van der Waals surface area contributed by atoms with E-state index < -0.39 is 6.10 Å². The highest BCUT2D eigenvalue weighted by molar-refractivity contribution is 6.31. The van der Waals surface area contributed by atoms with E-state index in [4.69, 9.17) is 16.3 Å². The third-order valence-corrected chi connectivity index (χ3v) is 4.19. The van der Waals surface area contributed by atoms with E-state index in [0.29, 0.717) is 19.2 Å². The zero-order chi connectivity index (χ0) is 14.5. The van der Waals surface area contributed by atoms with Crippen molar-refractivity contribution in [1.29, 1.82) is 0 Å². The standard InChI is InChI=1S/C16H24ClNO2/c1-3-4-12-8-16(12)18-9-13(19)10-20-14-5-6-15(17)11(2)7-14/h5-7,12-13,16,18-19H,3-4,8-10H2,1-2H3. The molecule has 0 aromatic heterocycles. The quantitative estimate of drug-likeness (QED) is 0.774. The number of ether oxygens (including phenoxy) is 1. The van der Waals surface area contributed by atoms with Crippen LogP contribution in [-0.2, 0) is 0 Å². The second-order valence-corrected chi connectivity index (χ2v) is 6.08. The van der Waals surface area contributed by atoms with Crippen molar-refractivity contribution < 1.29 is 9.84 Å². The third kappa shape index (κ3) is 4.65. The van der Waals surface area contributed by atoms with Crippen molar-refractivity contribution >= 4 is 11.6 Å². The minimum atomic E-state index is -0.478. The first-order valence-electron chi connectivity index (χ1n) is 7.40. The van der Waals surface area contributed by atoms with Crippen molar-refractivity contribution in [1.82, 2.24) is 5.32 Å². The summed E-state index contributed by atoms with van der Waals surface area (Å²) in [6.45, 7) is 5.05. The average molecular weight is 298 g/mol. The Balaban J connectivity index is 1.65. The maximum absolute atomic E-state index is 9.91. The summed E-state index contributed by atoms with van der Waals surface area (Å²) < 4.78 is 5.58. The van der Waals surface area contributed by atoms with Crippen molar-refractivity contribution in [2.45, 2.75) is 45.3 Å². The minimum Gasteiger partial charge on any atom is -0.491 e. The SMILES string of the molecule is CCCC1CC1NCC(O)COc1ccc(Cl)c(C)c1. The predicted molar refractivity (Wildman–Crippen MR) is 82.5 cm³/mol. The Morgan fingerprint density at radius 1 is 1.50 bits per heavy atom. The number of halogens is 1. The van der Waals surface area contributed by atoms with Gasteiger partial charge in [-0.2, -0.15) is 0 Å². The fourth-order valence-electron chi connectivity index (χ4n) is 2.43. The lowest BCUT2D eigenvalue weighted by atomic mass is 10.2. The van der Waals surface area contributed by atoms with Crippen LogP contribution in [-0.4, -0.2) is 30.4 Å². The third-order valence-electron chi connectivity index (χ3n) is 3.77. The Hall–Kier alpha value is -0.770. The summed E-state index contributed by atoms with van der Waals surface area (Å²) in [5.41, 5.74) is 0.983. The van der Waals surface area contributed by atoms with E-state index in [1.165, 1.54) is 19.3 Å². The van der Waals surface area contributed by atoms with E-state index in [1.807, 2.05) is 25.1 Å². The smallest absolute Gasteiger partial charge is 0.119 e. The lowest BCUT2D eigenvalue weighted by Crippen LogP contribution is -2.33. The number of aliphatic hydroxyl groups is 1. The zero-order valence-electron chi connectivity index (χ0n) is 12.2. The Kier molecular flexibility index (Phi) is 5.70. The molecule has 0 spiro atoms. The van der Waals surface area contributed by atoms with Gasteiger partial charge in [-0.3, -0.25) is 0 Å². The summed E-state index contributed by atoms with van der Waals surface area (Å²) in [5.74, 6) is 1.56. The average Bonchev–Trinajstić information content (AvgIpc) is 3.17. The number of aryl methyl sites for hydroxylation is 1. The number of hydrogen-bond acceptors (Lipinski definition) is 3. The van der Waals surface area contributed by atoms with E-state index in [0.717, 1.165) is 22.3 Å². The molecule has 1 fully saturated rings. The van der Waals surface area contributed by atoms with Crippen molar-refractivity contribution in [3.8, 4) is 5.75 Å². The van der Waals surface area contributed by atoms with Gasteiger partial charge in [-0.1, -0.05) is 24.9 Å². The Morgan fingerprint density at radius 2 is 2.30 bits per heavy atom. The Labute approximate surface area is 126 Å². The van der Waals surface area contributed by atoms with Crippen LogP contribution in [0, 0.1) is 12.8 Å². The Morgan fingerprint density at radius 3 is 3.00 bits per heavy atom. The van der Waals surface area contributed by atoms with Crippen LogP contribution in [0.4, 0.5) is 0 Å². The molecule has 0 radical (unpaired) electrons. The molecule has 112 valence electrons. The molecule has 1 saturated carbocycles. The molecule has 0 saturated heterocycles. The molecule has 2 N–H and O–H groups in total.